The van der Waals surface area contributed by atoms with Crippen LogP contribution in [0.3, 0.4) is 0 Å². The fraction of sp³-hybridized carbons (Fsp3) is 0.867. The minimum absolute atomic E-state index is 0.0628. The molecule has 0 amide bonds. The molecule has 22 N–H and O–H groups in total. The van der Waals surface area contributed by atoms with E-state index in [4.69, 9.17) is 112 Å². The highest BCUT2D eigenvalue weighted by Gasteiger charge is 2.31. The van der Waals surface area contributed by atoms with Gasteiger partial charge in [0.25, 0.3) is 0 Å². The first-order valence-electron chi connectivity index (χ1n) is 16.6. The number of aliphatic hydroxyl groups excluding tert-OH is 18. The molecule has 26 heteroatoms. The van der Waals surface area contributed by atoms with E-state index >= 15 is 0 Å². The Morgan fingerprint density at radius 3 is 0.446 bits per heavy atom. The molecule has 26 nitrogen and oxygen atoms in total. The van der Waals surface area contributed by atoms with Crippen LogP contribution in [0, 0.1) is 0 Å². The van der Waals surface area contributed by atoms with E-state index in [1.54, 1.807) is 0 Å². The van der Waals surface area contributed by atoms with Gasteiger partial charge < -0.3 is 112 Å². The maximum atomic E-state index is 9.90. The number of unbranched alkanes of at least 4 members (excludes halogenated alkanes) is 2. The molecule has 56 heavy (non-hydrogen) atoms. The predicted molar refractivity (Wildman–Crippen MR) is 182 cm³/mol. The third kappa shape index (κ3) is 36.8. The molecule has 0 rings (SSSR count). The number of carboxylic acids is 4. The summed E-state index contributed by atoms with van der Waals surface area (Å²) in [5.74, 6) is -3.48. The van der Waals surface area contributed by atoms with Crippen LogP contribution in [-0.2, 0) is 19.2 Å². The van der Waals surface area contributed by atoms with E-state index in [0.717, 1.165) is 0 Å². The van der Waals surface area contributed by atoms with E-state index in [0.29, 0.717) is 25.7 Å². The van der Waals surface area contributed by atoms with Crippen molar-refractivity contribution in [3.05, 3.63) is 0 Å². The quantitative estimate of drug-likeness (QED) is 0.0380. The molecule has 12 unspecified atom stereocenters. The second-order valence-corrected chi connectivity index (χ2v) is 11.4. The number of aliphatic carboxylic acids is 4. The summed E-state index contributed by atoms with van der Waals surface area (Å²) in [5.41, 5.74) is 0. The normalized spacial score (nSPS) is 17.1. The lowest BCUT2D eigenvalue weighted by molar-refractivity contribution is -0.139. The lowest BCUT2D eigenvalue weighted by Crippen LogP contribution is -2.46. The zero-order valence-corrected chi connectivity index (χ0v) is 30.3. The Kier molecular flexibility index (Phi) is 43.4. The van der Waals surface area contributed by atoms with Gasteiger partial charge in [-0.25, -0.2) is 0 Å². The summed E-state index contributed by atoms with van der Waals surface area (Å²) < 4.78 is 0. The van der Waals surface area contributed by atoms with Crippen LogP contribution in [0.4, 0.5) is 0 Å². The van der Waals surface area contributed by atoms with Gasteiger partial charge in [0.1, 0.15) is 73.2 Å². The van der Waals surface area contributed by atoms with Gasteiger partial charge in [0.15, 0.2) is 0 Å². The van der Waals surface area contributed by atoms with Crippen molar-refractivity contribution < 1.29 is 132 Å². The molecule has 0 aromatic rings. The van der Waals surface area contributed by atoms with Crippen molar-refractivity contribution in [2.24, 2.45) is 0 Å². The maximum Gasteiger partial charge on any atom is 0.303 e. The van der Waals surface area contributed by atoms with E-state index in [-0.39, 0.29) is 25.7 Å². The van der Waals surface area contributed by atoms with Crippen molar-refractivity contribution in [3.8, 4) is 0 Å². The van der Waals surface area contributed by atoms with E-state index in [9.17, 15) is 19.2 Å². The first-order chi connectivity index (χ1) is 25.9. The summed E-state index contributed by atoms with van der Waals surface area (Å²) in [7, 11) is 0. The van der Waals surface area contributed by atoms with E-state index in [2.05, 4.69) is 0 Å². The van der Waals surface area contributed by atoms with Crippen LogP contribution in [0.5, 0.6) is 0 Å². The Morgan fingerprint density at radius 1 is 0.268 bits per heavy atom. The number of hydrogen-bond acceptors (Lipinski definition) is 22. The van der Waals surface area contributed by atoms with Crippen LogP contribution in [0.15, 0.2) is 0 Å². The topological polar surface area (TPSA) is 513 Å². The molecule has 0 saturated carbocycles. The number of aliphatic hydroxyl groups is 18. The molecule has 12 atom stereocenters. The third-order valence-electron chi connectivity index (χ3n) is 6.60. The van der Waals surface area contributed by atoms with Gasteiger partial charge in [0.05, 0.1) is 39.6 Å². The van der Waals surface area contributed by atoms with Crippen LogP contribution in [-0.4, -0.2) is 249 Å². The zero-order valence-electron chi connectivity index (χ0n) is 30.3. The van der Waals surface area contributed by atoms with Gasteiger partial charge in [0.2, 0.25) is 0 Å². The highest BCUT2D eigenvalue weighted by molar-refractivity contribution is 5.68. The maximum absolute atomic E-state index is 9.90. The molecule has 0 aromatic heterocycles. The molecule has 0 saturated heterocycles. The van der Waals surface area contributed by atoms with Gasteiger partial charge in [0, 0.05) is 25.7 Å². The molecule has 0 radical (unpaired) electrons. The molecule has 0 aliphatic rings. The van der Waals surface area contributed by atoms with E-state index in [1.165, 1.54) is 0 Å². The average molecular weight is 839 g/mol. The van der Waals surface area contributed by atoms with Gasteiger partial charge in [-0.05, 0) is 25.7 Å². The monoisotopic (exact) mass is 838 g/mol. The van der Waals surface area contributed by atoms with Gasteiger partial charge in [-0.1, -0.05) is 0 Å². The number of carbonyl (C=O) groups is 4. The molecule has 0 fully saturated rings. The van der Waals surface area contributed by atoms with Gasteiger partial charge in [-0.2, -0.15) is 0 Å². The number of hydrogen-bond donors (Lipinski definition) is 22. The summed E-state index contributed by atoms with van der Waals surface area (Å²) in [6.45, 7) is -4.35. The lowest BCUT2D eigenvalue weighted by atomic mass is 10.0. The Labute approximate surface area is 319 Å². The minimum atomic E-state index is -1.67. The van der Waals surface area contributed by atoms with Gasteiger partial charge in [-0.3, -0.25) is 19.2 Å². The Hall–Kier alpha value is -2.84. The van der Waals surface area contributed by atoms with Crippen molar-refractivity contribution in [1.82, 2.24) is 0 Å². The SMILES string of the molecule is O=C(O)CCCCC(=O)O.O=C(O)CCCCC(=O)O.OCC(O)C(O)C(O)C(O)CO.OCC(O)C(O)C(O)C(O)CO.OCC(O)C(O)C(O)C(O)CO. The fourth-order valence-corrected chi connectivity index (χ4v) is 3.12. The van der Waals surface area contributed by atoms with Crippen molar-refractivity contribution in [1.29, 1.82) is 0 Å². The van der Waals surface area contributed by atoms with E-state index < -0.39 is 137 Å². The molecule has 0 bridgehead atoms. The fourth-order valence-electron chi connectivity index (χ4n) is 3.12. The number of rotatable bonds is 25. The van der Waals surface area contributed by atoms with Gasteiger partial charge >= 0.3 is 23.9 Å². The predicted octanol–water partition coefficient (Wildman–Crippen LogP) is -9.32. The standard InChI is InChI=1S/3C6H14O6.2C6H10O4/c3*7-1-3(9)5(11)6(12)4(10)2-8;2*7-5(8)3-1-2-4-6(9)10/h3*3-12H,1-2H2;2*1-4H2,(H,7,8)(H,9,10). The highest BCUT2D eigenvalue weighted by Crippen LogP contribution is 2.06. The molecule has 0 aliphatic carbocycles. The Bertz CT molecular complexity index is 786. The van der Waals surface area contributed by atoms with Crippen LogP contribution in [0.2, 0.25) is 0 Å². The van der Waals surface area contributed by atoms with Crippen molar-refractivity contribution in [2.75, 3.05) is 39.6 Å². The van der Waals surface area contributed by atoms with Crippen LogP contribution < -0.4 is 0 Å². The molecule has 338 valence electrons. The highest BCUT2D eigenvalue weighted by atomic mass is 16.4. The summed E-state index contributed by atoms with van der Waals surface area (Å²) in [6, 6.07) is 0. The van der Waals surface area contributed by atoms with Crippen molar-refractivity contribution in [2.45, 2.75) is 125 Å². The molecule has 0 heterocycles. The summed E-state index contributed by atoms with van der Waals surface area (Å²) in [5, 5.41) is 189. The second-order valence-electron chi connectivity index (χ2n) is 11.4. The molecule has 0 spiro atoms. The lowest BCUT2D eigenvalue weighted by Gasteiger charge is -2.24. The summed E-state index contributed by atoms with van der Waals surface area (Å²) >= 11 is 0. The Morgan fingerprint density at radius 2 is 0.375 bits per heavy atom. The molecular weight excluding hydrogens is 776 g/mol. The van der Waals surface area contributed by atoms with E-state index in [1.807, 2.05) is 0 Å². The molecular formula is C30H62O26. The van der Waals surface area contributed by atoms with Crippen LogP contribution in [0.1, 0.15) is 51.4 Å². The summed E-state index contributed by atoms with van der Waals surface area (Å²) in [4.78, 5) is 39.6. The average Bonchev–Trinajstić information content (AvgIpc) is 3.17. The Balaban J connectivity index is -0.000000194. The smallest absolute Gasteiger partial charge is 0.303 e. The molecule has 0 aromatic carbocycles. The first kappa shape index (κ1) is 62.4. The zero-order chi connectivity index (χ0) is 45.1. The largest absolute Gasteiger partial charge is 0.481 e. The minimum Gasteiger partial charge on any atom is -0.481 e. The second kappa shape index (κ2) is 39.0. The first-order valence-corrected chi connectivity index (χ1v) is 16.6. The van der Waals surface area contributed by atoms with Gasteiger partial charge in [-0.15, -0.1) is 0 Å². The van der Waals surface area contributed by atoms with Crippen molar-refractivity contribution in [3.63, 3.8) is 0 Å². The van der Waals surface area contributed by atoms with Crippen LogP contribution >= 0.6 is 0 Å². The third-order valence-corrected chi connectivity index (χ3v) is 6.60. The molecule has 0 aliphatic heterocycles. The number of carboxylic acid groups (broad SMARTS) is 4. The van der Waals surface area contributed by atoms with Crippen LogP contribution in [0.25, 0.3) is 0 Å². The summed E-state index contributed by atoms with van der Waals surface area (Å²) in [6.07, 6.45) is -17.1. The van der Waals surface area contributed by atoms with Crippen molar-refractivity contribution >= 4 is 23.9 Å².